The van der Waals surface area contributed by atoms with Crippen molar-refractivity contribution in [2.24, 2.45) is 5.41 Å². The van der Waals surface area contributed by atoms with E-state index >= 15 is 0 Å². The Labute approximate surface area is 200 Å². The van der Waals surface area contributed by atoms with Crippen LogP contribution in [0.1, 0.15) is 76.8 Å². The van der Waals surface area contributed by atoms with Crippen molar-refractivity contribution in [3.8, 4) is 5.75 Å². The number of carbonyl (C=O) groups excluding carboxylic acids is 2. The summed E-state index contributed by atoms with van der Waals surface area (Å²) in [5.74, 6) is 0.834. The Morgan fingerprint density at radius 2 is 1.82 bits per heavy atom. The lowest BCUT2D eigenvalue weighted by atomic mass is 9.75. The summed E-state index contributed by atoms with van der Waals surface area (Å²) < 4.78 is 7.24. The Hall–Kier alpha value is -3.41. The van der Waals surface area contributed by atoms with Crippen molar-refractivity contribution in [2.75, 3.05) is 13.7 Å². The van der Waals surface area contributed by atoms with Gasteiger partial charge in [0, 0.05) is 18.5 Å². The Morgan fingerprint density at radius 1 is 1.09 bits per heavy atom. The first kappa shape index (κ1) is 22.4. The van der Waals surface area contributed by atoms with Gasteiger partial charge in [0.15, 0.2) is 5.78 Å². The van der Waals surface area contributed by atoms with E-state index < -0.39 is 0 Å². The lowest BCUT2D eigenvalue weighted by Crippen LogP contribution is -2.32. The summed E-state index contributed by atoms with van der Waals surface area (Å²) in [6, 6.07) is 17.2. The molecule has 1 fully saturated rings. The van der Waals surface area contributed by atoms with Crippen LogP contribution in [0.4, 0.5) is 0 Å². The van der Waals surface area contributed by atoms with Gasteiger partial charge in [0.05, 0.1) is 36.6 Å². The third-order valence-corrected chi connectivity index (χ3v) is 6.99. The molecule has 6 nitrogen and oxygen atoms in total. The average molecular weight is 458 g/mol. The molecular weight excluding hydrogens is 426 g/mol. The summed E-state index contributed by atoms with van der Waals surface area (Å²) in [6.45, 7) is 5.56. The highest BCUT2D eigenvalue weighted by Gasteiger charge is 2.41. The van der Waals surface area contributed by atoms with Crippen molar-refractivity contribution in [1.29, 1.82) is 0 Å². The first-order valence-electron chi connectivity index (χ1n) is 12.0. The van der Waals surface area contributed by atoms with Crippen molar-refractivity contribution in [2.45, 2.75) is 52.1 Å². The number of benzene rings is 2. The fourth-order valence-electron chi connectivity index (χ4n) is 5.35. The molecule has 1 aromatic heterocycles. The Kier molecular flexibility index (Phi) is 5.76. The number of amides is 1. The number of hydrogen-bond donors (Lipinski definition) is 0. The molecule has 2 aromatic carbocycles. The van der Waals surface area contributed by atoms with Crippen LogP contribution in [-0.4, -0.2) is 40.0 Å². The van der Waals surface area contributed by atoms with Crippen molar-refractivity contribution in [3.63, 3.8) is 0 Å². The maximum atomic E-state index is 13.4. The van der Waals surface area contributed by atoms with E-state index in [0.29, 0.717) is 25.1 Å². The Bertz CT molecular complexity index is 1210. The number of nitrogens with zero attached hydrogens (tertiary/aromatic N) is 3. The third-order valence-electron chi connectivity index (χ3n) is 6.99. The van der Waals surface area contributed by atoms with Gasteiger partial charge in [0.25, 0.3) is 5.91 Å². The van der Waals surface area contributed by atoms with Gasteiger partial charge in [-0.15, -0.1) is 0 Å². The van der Waals surface area contributed by atoms with Gasteiger partial charge in [-0.2, -0.15) is 5.10 Å². The smallest absolute Gasteiger partial charge is 0.254 e. The Morgan fingerprint density at radius 3 is 2.53 bits per heavy atom. The van der Waals surface area contributed by atoms with Crippen molar-refractivity contribution in [1.82, 2.24) is 14.7 Å². The maximum absolute atomic E-state index is 13.4. The standard InChI is InChI=1S/C28H31N3O3/c1-28(2)16-23-25(24(32)17-28)26(29-31(23)18-19-8-5-4-6-9-19)22-10-7-15-30(22)27(33)20-11-13-21(34-3)14-12-20/h4-6,8-9,11-14,22H,7,10,15-18H2,1-3H3/t22-/m1/s1. The second-order valence-corrected chi connectivity index (χ2v) is 10.2. The van der Waals surface area contributed by atoms with Crippen LogP contribution >= 0.6 is 0 Å². The number of carbonyl (C=O) groups is 2. The average Bonchev–Trinajstić information content (AvgIpc) is 3.44. The normalized spacial score (nSPS) is 19.2. The number of rotatable bonds is 5. The summed E-state index contributed by atoms with van der Waals surface area (Å²) in [7, 11) is 1.61. The number of likely N-dealkylation sites (tertiary alicyclic amines) is 1. The molecule has 0 radical (unpaired) electrons. The van der Waals surface area contributed by atoms with Gasteiger partial charge in [0.1, 0.15) is 5.75 Å². The van der Waals surface area contributed by atoms with E-state index in [1.165, 1.54) is 0 Å². The molecule has 0 unspecified atom stereocenters. The number of fused-ring (bicyclic) bond motifs is 1. The predicted molar refractivity (Wildman–Crippen MR) is 130 cm³/mol. The fourth-order valence-corrected chi connectivity index (χ4v) is 5.35. The van der Waals surface area contributed by atoms with E-state index in [9.17, 15) is 9.59 Å². The summed E-state index contributed by atoms with van der Waals surface area (Å²) in [4.78, 5) is 28.7. The van der Waals surface area contributed by atoms with Gasteiger partial charge >= 0.3 is 0 Å². The van der Waals surface area contributed by atoms with Crippen LogP contribution in [0.15, 0.2) is 54.6 Å². The second kappa shape index (κ2) is 8.75. The van der Waals surface area contributed by atoms with Crippen molar-refractivity contribution < 1.29 is 14.3 Å². The van der Waals surface area contributed by atoms with E-state index in [-0.39, 0.29) is 23.1 Å². The number of ketones is 1. The minimum absolute atomic E-state index is 0.0277. The highest BCUT2D eigenvalue weighted by atomic mass is 16.5. The molecule has 1 aliphatic carbocycles. The fraction of sp³-hybridized carbons (Fsp3) is 0.393. The highest BCUT2D eigenvalue weighted by molar-refractivity contribution is 6.00. The van der Waals surface area contributed by atoms with Gasteiger partial charge < -0.3 is 9.64 Å². The maximum Gasteiger partial charge on any atom is 0.254 e. The van der Waals surface area contributed by atoms with Crippen LogP contribution in [-0.2, 0) is 13.0 Å². The van der Waals surface area contributed by atoms with Crippen LogP contribution in [0.25, 0.3) is 0 Å². The summed E-state index contributed by atoms with van der Waals surface area (Å²) in [5.41, 5.74) is 4.18. The SMILES string of the molecule is COc1ccc(C(=O)N2CCC[C@@H]2c2nn(Cc3ccccc3)c3c2C(=O)CC(C)(C)C3)cc1. The summed E-state index contributed by atoms with van der Waals surface area (Å²) in [5, 5.41) is 5.02. The monoisotopic (exact) mass is 457 g/mol. The van der Waals surface area contributed by atoms with Crippen LogP contribution < -0.4 is 4.74 Å². The Balaban J connectivity index is 1.53. The first-order valence-corrected chi connectivity index (χ1v) is 12.0. The number of ether oxygens (including phenoxy) is 1. The van der Waals surface area contributed by atoms with Crippen LogP contribution in [0.2, 0.25) is 0 Å². The van der Waals surface area contributed by atoms with Crippen LogP contribution in [0, 0.1) is 5.41 Å². The molecule has 0 spiro atoms. The predicted octanol–water partition coefficient (Wildman–Crippen LogP) is 5.07. The number of Topliss-reactive ketones (excluding diaryl/α,β-unsaturated/α-hetero) is 1. The van der Waals surface area contributed by atoms with E-state index in [0.717, 1.165) is 47.5 Å². The zero-order valence-electron chi connectivity index (χ0n) is 20.1. The van der Waals surface area contributed by atoms with Crippen molar-refractivity contribution >= 4 is 11.7 Å². The molecule has 1 atom stereocenters. The second-order valence-electron chi connectivity index (χ2n) is 10.2. The molecule has 1 amide bonds. The van der Waals surface area contributed by atoms with E-state index in [1.54, 1.807) is 31.4 Å². The molecule has 2 aliphatic rings. The molecule has 176 valence electrons. The van der Waals surface area contributed by atoms with E-state index in [1.807, 2.05) is 27.8 Å². The molecule has 1 aliphatic heterocycles. The highest BCUT2D eigenvalue weighted by Crippen LogP contribution is 2.41. The quantitative estimate of drug-likeness (QED) is 0.536. The number of aromatic nitrogens is 2. The molecule has 6 heteroatoms. The molecular formula is C28H31N3O3. The topological polar surface area (TPSA) is 64.4 Å². The minimum atomic E-state index is -0.189. The first-order chi connectivity index (χ1) is 16.4. The largest absolute Gasteiger partial charge is 0.497 e. The molecule has 0 N–H and O–H groups in total. The van der Waals surface area contributed by atoms with Crippen molar-refractivity contribution in [3.05, 3.63) is 82.7 Å². The number of methoxy groups -OCH3 is 1. The zero-order valence-corrected chi connectivity index (χ0v) is 20.1. The molecule has 0 saturated carbocycles. The third kappa shape index (κ3) is 4.13. The molecule has 34 heavy (non-hydrogen) atoms. The van der Waals surface area contributed by atoms with E-state index in [4.69, 9.17) is 9.84 Å². The van der Waals surface area contributed by atoms with Gasteiger partial charge in [-0.1, -0.05) is 44.2 Å². The molecule has 3 aromatic rings. The number of hydrogen-bond acceptors (Lipinski definition) is 4. The van der Waals surface area contributed by atoms with Gasteiger partial charge in [-0.3, -0.25) is 14.3 Å². The molecule has 1 saturated heterocycles. The van der Waals surface area contributed by atoms with E-state index in [2.05, 4.69) is 26.0 Å². The molecule has 2 heterocycles. The molecule has 5 rings (SSSR count). The lowest BCUT2D eigenvalue weighted by molar-refractivity contribution is 0.0728. The summed E-state index contributed by atoms with van der Waals surface area (Å²) >= 11 is 0. The lowest BCUT2D eigenvalue weighted by Gasteiger charge is -2.30. The van der Waals surface area contributed by atoms with Crippen LogP contribution in [0.5, 0.6) is 5.75 Å². The van der Waals surface area contributed by atoms with Gasteiger partial charge in [-0.25, -0.2) is 0 Å². The minimum Gasteiger partial charge on any atom is -0.497 e. The summed E-state index contributed by atoms with van der Waals surface area (Å²) in [6.07, 6.45) is 3.01. The van der Waals surface area contributed by atoms with Crippen LogP contribution in [0.3, 0.4) is 0 Å². The van der Waals surface area contributed by atoms with Gasteiger partial charge in [0.2, 0.25) is 0 Å². The van der Waals surface area contributed by atoms with Gasteiger partial charge in [-0.05, 0) is 54.5 Å². The zero-order chi connectivity index (χ0) is 23.9. The molecule has 0 bridgehead atoms.